The Hall–Kier alpha value is -2.09. The van der Waals surface area contributed by atoms with Crippen molar-refractivity contribution in [1.82, 2.24) is 15.5 Å². The first-order chi connectivity index (χ1) is 10.0. The van der Waals surface area contributed by atoms with Crippen LogP contribution in [0.5, 0.6) is 0 Å². The average molecular weight is 309 g/mol. The summed E-state index contributed by atoms with van der Waals surface area (Å²) in [7, 11) is -2.92. The third kappa shape index (κ3) is 3.15. The number of H-pyrrole nitrogens is 1. The topological polar surface area (TPSA) is 105 Å². The molecule has 3 heterocycles. The second-order valence-electron chi connectivity index (χ2n) is 5.12. The van der Waals surface area contributed by atoms with Crippen LogP contribution in [0.4, 0.5) is 0 Å². The van der Waals surface area contributed by atoms with E-state index in [0.29, 0.717) is 24.4 Å². The molecule has 0 aromatic carbocycles. The number of hydrogen-bond acceptors (Lipinski definition) is 5. The lowest BCUT2D eigenvalue weighted by Gasteiger charge is -2.07. The Morgan fingerprint density at radius 3 is 3.05 bits per heavy atom. The predicted molar refractivity (Wildman–Crippen MR) is 75.4 cm³/mol. The quantitative estimate of drug-likeness (QED) is 0.870. The molecule has 0 unspecified atom stereocenters. The number of rotatable bonds is 4. The van der Waals surface area contributed by atoms with E-state index in [0.717, 1.165) is 0 Å². The van der Waals surface area contributed by atoms with Gasteiger partial charge in [-0.3, -0.25) is 9.89 Å². The van der Waals surface area contributed by atoms with Crippen molar-refractivity contribution in [2.75, 3.05) is 18.1 Å². The first-order valence-electron chi connectivity index (χ1n) is 6.61. The van der Waals surface area contributed by atoms with Gasteiger partial charge >= 0.3 is 0 Å². The molecule has 21 heavy (non-hydrogen) atoms. The van der Waals surface area contributed by atoms with Gasteiger partial charge in [0.15, 0.2) is 21.3 Å². The van der Waals surface area contributed by atoms with E-state index in [1.54, 1.807) is 18.2 Å². The summed E-state index contributed by atoms with van der Waals surface area (Å²) in [5.74, 6) is 0.614. The van der Waals surface area contributed by atoms with Crippen molar-refractivity contribution in [3.8, 4) is 11.5 Å². The number of aromatic nitrogens is 2. The van der Waals surface area contributed by atoms with Crippen molar-refractivity contribution in [1.29, 1.82) is 0 Å². The number of carbonyl (C=O) groups is 1. The summed E-state index contributed by atoms with van der Waals surface area (Å²) >= 11 is 0. The number of sulfone groups is 1. The smallest absolute Gasteiger partial charge is 0.271 e. The van der Waals surface area contributed by atoms with Crippen LogP contribution in [0.1, 0.15) is 16.9 Å². The molecule has 0 saturated carbocycles. The van der Waals surface area contributed by atoms with Crippen LogP contribution >= 0.6 is 0 Å². The molecular formula is C13H15N3O4S. The van der Waals surface area contributed by atoms with Crippen LogP contribution in [-0.4, -0.2) is 42.6 Å². The van der Waals surface area contributed by atoms with Crippen LogP contribution in [0.25, 0.3) is 11.5 Å². The van der Waals surface area contributed by atoms with Crippen molar-refractivity contribution >= 4 is 15.7 Å². The van der Waals surface area contributed by atoms with Gasteiger partial charge in [0, 0.05) is 12.6 Å². The molecule has 2 aromatic heterocycles. The minimum atomic E-state index is -2.92. The lowest BCUT2D eigenvalue weighted by Crippen LogP contribution is -2.30. The van der Waals surface area contributed by atoms with Gasteiger partial charge in [0.2, 0.25) is 0 Å². The molecule has 1 fully saturated rings. The van der Waals surface area contributed by atoms with Crippen molar-refractivity contribution in [3.05, 3.63) is 30.2 Å². The number of nitrogens with one attached hydrogen (secondary N) is 2. The van der Waals surface area contributed by atoms with Crippen LogP contribution in [0, 0.1) is 5.92 Å². The summed E-state index contributed by atoms with van der Waals surface area (Å²) in [6, 6.07) is 5.11. The van der Waals surface area contributed by atoms with Crippen LogP contribution < -0.4 is 5.32 Å². The summed E-state index contributed by atoms with van der Waals surface area (Å²) < 4.78 is 27.9. The molecule has 0 radical (unpaired) electrons. The number of carbonyl (C=O) groups excluding carboxylic acids is 1. The largest absolute Gasteiger partial charge is 0.463 e. The normalized spacial score (nSPS) is 20.5. The fourth-order valence-electron chi connectivity index (χ4n) is 2.36. The Balaban J connectivity index is 1.59. The van der Waals surface area contributed by atoms with E-state index in [9.17, 15) is 13.2 Å². The number of furan rings is 1. The molecular weight excluding hydrogens is 294 g/mol. The molecule has 8 heteroatoms. The molecule has 3 rings (SSSR count). The maximum atomic E-state index is 12.0. The first-order valence-corrected chi connectivity index (χ1v) is 8.43. The highest BCUT2D eigenvalue weighted by Gasteiger charge is 2.28. The maximum Gasteiger partial charge on any atom is 0.271 e. The van der Waals surface area contributed by atoms with E-state index in [4.69, 9.17) is 4.42 Å². The van der Waals surface area contributed by atoms with Gasteiger partial charge in [-0.05, 0) is 24.5 Å². The highest BCUT2D eigenvalue weighted by molar-refractivity contribution is 7.91. The van der Waals surface area contributed by atoms with Crippen molar-refractivity contribution in [2.24, 2.45) is 5.92 Å². The second kappa shape index (κ2) is 5.36. The maximum absolute atomic E-state index is 12.0. The summed E-state index contributed by atoms with van der Waals surface area (Å²) in [6.07, 6.45) is 2.14. The van der Waals surface area contributed by atoms with Crippen molar-refractivity contribution in [2.45, 2.75) is 6.42 Å². The molecule has 7 nitrogen and oxygen atoms in total. The van der Waals surface area contributed by atoms with E-state index in [1.807, 2.05) is 0 Å². The highest BCUT2D eigenvalue weighted by Crippen LogP contribution is 2.19. The summed E-state index contributed by atoms with van der Waals surface area (Å²) in [6.45, 7) is 0.348. The summed E-state index contributed by atoms with van der Waals surface area (Å²) in [5.41, 5.74) is 0.871. The molecule has 0 aliphatic carbocycles. The fourth-order valence-corrected chi connectivity index (χ4v) is 4.22. The highest BCUT2D eigenvalue weighted by atomic mass is 32.2. The Labute approximate surface area is 121 Å². The predicted octanol–water partition coefficient (Wildman–Crippen LogP) is 0.834. The van der Waals surface area contributed by atoms with Gasteiger partial charge < -0.3 is 9.73 Å². The minimum Gasteiger partial charge on any atom is -0.463 e. The Morgan fingerprint density at radius 2 is 2.38 bits per heavy atom. The fraction of sp³-hybridized carbons (Fsp3) is 0.385. The Morgan fingerprint density at radius 1 is 1.52 bits per heavy atom. The van der Waals surface area contributed by atoms with Gasteiger partial charge in [-0.15, -0.1) is 0 Å². The van der Waals surface area contributed by atoms with Gasteiger partial charge in [-0.25, -0.2) is 8.42 Å². The number of nitrogens with zero attached hydrogens (tertiary/aromatic N) is 1. The van der Waals surface area contributed by atoms with Crippen molar-refractivity contribution < 1.29 is 17.6 Å². The lowest BCUT2D eigenvalue weighted by molar-refractivity contribution is 0.0943. The molecule has 1 amide bonds. The third-order valence-corrected chi connectivity index (χ3v) is 5.31. The summed E-state index contributed by atoms with van der Waals surface area (Å²) in [4.78, 5) is 12.0. The zero-order valence-electron chi connectivity index (χ0n) is 11.2. The standard InChI is InChI=1S/C13H15N3O4S/c17-13(14-7-9-3-5-21(18,19)8-9)11-6-10(15-16-11)12-2-1-4-20-12/h1-2,4,6,9H,3,5,7-8H2,(H,14,17)(H,15,16)/t9-/m1/s1. The lowest BCUT2D eigenvalue weighted by atomic mass is 10.1. The zero-order valence-corrected chi connectivity index (χ0v) is 12.0. The molecule has 2 aromatic rings. The van der Waals surface area contributed by atoms with Gasteiger partial charge in [0.1, 0.15) is 5.69 Å². The zero-order chi connectivity index (χ0) is 14.9. The van der Waals surface area contributed by atoms with Crippen molar-refractivity contribution in [3.63, 3.8) is 0 Å². The molecule has 1 aliphatic rings. The minimum absolute atomic E-state index is 0.0116. The number of hydrogen-bond donors (Lipinski definition) is 2. The van der Waals surface area contributed by atoms with E-state index in [2.05, 4.69) is 15.5 Å². The monoisotopic (exact) mass is 309 g/mol. The summed E-state index contributed by atoms with van der Waals surface area (Å²) in [5, 5.41) is 9.38. The number of aromatic amines is 1. The van der Waals surface area contributed by atoms with Crippen LogP contribution in [0.15, 0.2) is 28.9 Å². The first kappa shape index (κ1) is 13.9. The van der Waals surface area contributed by atoms with Gasteiger partial charge in [-0.1, -0.05) is 0 Å². The molecule has 1 saturated heterocycles. The van der Waals surface area contributed by atoms with Crippen LogP contribution in [0.3, 0.4) is 0 Å². The average Bonchev–Trinajstić information content (AvgIpc) is 3.15. The van der Waals surface area contributed by atoms with E-state index in [-0.39, 0.29) is 29.0 Å². The number of amides is 1. The molecule has 1 atom stereocenters. The second-order valence-corrected chi connectivity index (χ2v) is 7.35. The van der Waals surface area contributed by atoms with E-state index >= 15 is 0 Å². The van der Waals surface area contributed by atoms with Gasteiger partial charge in [0.25, 0.3) is 5.91 Å². The Kier molecular flexibility index (Phi) is 3.54. The molecule has 112 valence electrons. The molecule has 2 N–H and O–H groups in total. The van der Waals surface area contributed by atoms with E-state index in [1.165, 1.54) is 6.26 Å². The van der Waals surface area contributed by atoms with Crippen LogP contribution in [0.2, 0.25) is 0 Å². The molecule has 0 bridgehead atoms. The SMILES string of the molecule is O=C(NC[C@H]1CCS(=O)(=O)C1)c1cc(-c2ccco2)[nH]n1. The van der Waals surface area contributed by atoms with Crippen LogP contribution in [-0.2, 0) is 9.84 Å². The van der Waals surface area contributed by atoms with Gasteiger partial charge in [0.05, 0.1) is 17.8 Å². The van der Waals surface area contributed by atoms with Gasteiger partial charge in [-0.2, -0.15) is 5.10 Å². The Bertz CT molecular complexity index is 733. The molecule has 0 spiro atoms. The third-order valence-electron chi connectivity index (χ3n) is 3.48. The molecule has 1 aliphatic heterocycles. The van der Waals surface area contributed by atoms with E-state index < -0.39 is 9.84 Å².